The molecule has 0 aliphatic heterocycles. The number of aliphatic carboxylic acids is 1. The van der Waals surface area contributed by atoms with E-state index in [0.29, 0.717) is 25.8 Å². The van der Waals surface area contributed by atoms with Crippen LogP contribution in [0.4, 0.5) is 0 Å². The van der Waals surface area contributed by atoms with Gasteiger partial charge in [0.1, 0.15) is 24.2 Å². The maximum Gasteiger partial charge on any atom is 0.326 e. The first-order chi connectivity index (χ1) is 17.0. The molecule has 11 nitrogen and oxygen atoms in total. The third-order valence-electron chi connectivity index (χ3n) is 6.09. The van der Waals surface area contributed by atoms with Crippen LogP contribution in [0.2, 0.25) is 0 Å². The molecule has 0 saturated carbocycles. The molecule has 1 rings (SSSR count). The van der Waals surface area contributed by atoms with E-state index in [4.69, 9.17) is 11.5 Å². The van der Waals surface area contributed by atoms with Gasteiger partial charge in [-0.15, -0.1) is 0 Å². The number of aliphatic hydroxyl groups excluding tert-OH is 1. The van der Waals surface area contributed by atoms with Gasteiger partial charge in [0.25, 0.3) is 0 Å². The number of carbonyl (C=O) groups excluding carboxylic acids is 3. The molecular weight excluding hydrogens is 466 g/mol. The number of carboxylic acids is 1. The summed E-state index contributed by atoms with van der Waals surface area (Å²) in [6.07, 6.45) is 0.883. The van der Waals surface area contributed by atoms with Crippen molar-refractivity contribution in [1.82, 2.24) is 16.0 Å². The number of hydrogen-bond donors (Lipinski definition) is 7. The minimum Gasteiger partial charge on any atom is -0.480 e. The van der Waals surface area contributed by atoms with Crippen molar-refractivity contribution in [3.8, 4) is 0 Å². The lowest BCUT2D eigenvalue weighted by atomic mass is 9.96. The largest absolute Gasteiger partial charge is 0.480 e. The summed E-state index contributed by atoms with van der Waals surface area (Å²) in [5.41, 5.74) is 12.0. The summed E-state index contributed by atoms with van der Waals surface area (Å²) in [6.45, 7) is 5.39. The standard InChI is InChI=1S/C25H41N5O6/c1-4-15(2)21(30-23(33)20(27)16(3)31)24(34)29-19(14-17-10-6-5-7-11-17)22(32)28-18(25(35)36)12-8-9-13-26/h5-7,10-11,15-16,18-21,31H,4,8-9,12-14,26-27H2,1-3H3,(H,28,32)(H,29,34)(H,30,33)(H,35,36)/t15-,16+,18-,19-,20-,21-/m0/s1. The Morgan fingerprint density at radius 3 is 2.06 bits per heavy atom. The van der Waals surface area contributed by atoms with Crippen molar-refractivity contribution in [2.75, 3.05) is 6.54 Å². The molecule has 0 spiro atoms. The van der Waals surface area contributed by atoms with E-state index in [1.807, 2.05) is 13.0 Å². The minimum atomic E-state index is -1.22. The van der Waals surface area contributed by atoms with Gasteiger partial charge in [0.2, 0.25) is 17.7 Å². The Labute approximate surface area is 212 Å². The fraction of sp³-hybridized carbons (Fsp3) is 0.600. The second-order valence-electron chi connectivity index (χ2n) is 9.07. The Bertz CT molecular complexity index is 851. The highest BCUT2D eigenvalue weighted by atomic mass is 16.4. The van der Waals surface area contributed by atoms with Crippen LogP contribution in [0, 0.1) is 5.92 Å². The van der Waals surface area contributed by atoms with Crippen molar-refractivity contribution in [3.63, 3.8) is 0 Å². The molecule has 0 unspecified atom stereocenters. The van der Waals surface area contributed by atoms with Gasteiger partial charge in [0.15, 0.2) is 0 Å². The Hall–Kier alpha value is -3.02. The number of nitrogens with two attached hydrogens (primary N) is 2. The predicted octanol–water partition coefficient (Wildman–Crippen LogP) is -0.349. The van der Waals surface area contributed by atoms with Gasteiger partial charge in [-0.25, -0.2) is 4.79 Å². The van der Waals surface area contributed by atoms with E-state index >= 15 is 0 Å². The molecule has 1 aromatic carbocycles. The van der Waals surface area contributed by atoms with E-state index in [1.165, 1.54) is 6.92 Å². The molecule has 11 heteroatoms. The maximum atomic E-state index is 13.3. The summed E-state index contributed by atoms with van der Waals surface area (Å²) < 4.78 is 0. The number of rotatable bonds is 16. The van der Waals surface area contributed by atoms with E-state index in [-0.39, 0.29) is 18.8 Å². The summed E-state index contributed by atoms with van der Waals surface area (Å²) in [5.74, 6) is -3.44. The third kappa shape index (κ3) is 10.3. The fourth-order valence-corrected chi connectivity index (χ4v) is 3.51. The maximum absolute atomic E-state index is 13.3. The normalized spacial score (nSPS) is 16.1. The zero-order chi connectivity index (χ0) is 27.3. The van der Waals surface area contributed by atoms with Crippen LogP contribution in [-0.4, -0.2) is 70.7 Å². The quantitative estimate of drug-likeness (QED) is 0.147. The van der Waals surface area contributed by atoms with Gasteiger partial charge in [0, 0.05) is 6.42 Å². The van der Waals surface area contributed by atoms with Gasteiger partial charge in [-0.3, -0.25) is 14.4 Å². The molecule has 1 aromatic rings. The van der Waals surface area contributed by atoms with Crippen LogP contribution in [-0.2, 0) is 25.6 Å². The molecule has 0 bridgehead atoms. The van der Waals surface area contributed by atoms with Gasteiger partial charge >= 0.3 is 5.97 Å². The van der Waals surface area contributed by atoms with Gasteiger partial charge in [-0.05, 0) is 44.2 Å². The highest BCUT2D eigenvalue weighted by Gasteiger charge is 2.33. The van der Waals surface area contributed by atoms with Crippen LogP contribution in [0.1, 0.15) is 52.0 Å². The van der Waals surface area contributed by atoms with E-state index in [1.54, 1.807) is 31.2 Å². The van der Waals surface area contributed by atoms with Crippen LogP contribution in [0.3, 0.4) is 0 Å². The van der Waals surface area contributed by atoms with Crippen molar-refractivity contribution in [1.29, 1.82) is 0 Å². The smallest absolute Gasteiger partial charge is 0.326 e. The van der Waals surface area contributed by atoms with Gasteiger partial charge in [-0.2, -0.15) is 0 Å². The second kappa shape index (κ2) is 15.9. The first-order valence-corrected chi connectivity index (χ1v) is 12.3. The van der Waals surface area contributed by atoms with Crippen LogP contribution in [0.15, 0.2) is 30.3 Å². The van der Waals surface area contributed by atoms with E-state index < -0.39 is 54.0 Å². The van der Waals surface area contributed by atoms with Crippen molar-refractivity contribution in [2.45, 2.75) is 83.1 Å². The number of nitrogens with one attached hydrogen (secondary N) is 3. The molecule has 0 fully saturated rings. The Balaban J connectivity index is 3.12. The monoisotopic (exact) mass is 507 g/mol. The molecule has 0 aliphatic carbocycles. The van der Waals surface area contributed by atoms with Gasteiger partial charge in [-0.1, -0.05) is 50.6 Å². The number of carboxylic acid groups (broad SMARTS) is 1. The minimum absolute atomic E-state index is 0.113. The summed E-state index contributed by atoms with van der Waals surface area (Å²) in [7, 11) is 0. The van der Waals surface area contributed by atoms with E-state index in [2.05, 4.69) is 16.0 Å². The lowest BCUT2D eigenvalue weighted by Gasteiger charge is -2.28. The Kier molecular flexibility index (Phi) is 13.7. The van der Waals surface area contributed by atoms with Crippen LogP contribution in [0.25, 0.3) is 0 Å². The number of hydrogen-bond acceptors (Lipinski definition) is 7. The number of carbonyl (C=O) groups is 4. The molecule has 3 amide bonds. The molecule has 0 aliphatic rings. The van der Waals surface area contributed by atoms with Crippen molar-refractivity contribution in [3.05, 3.63) is 35.9 Å². The fourth-order valence-electron chi connectivity index (χ4n) is 3.51. The van der Waals surface area contributed by atoms with E-state index in [9.17, 15) is 29.4 Å². The number of benzene rings is 1. The zero-order valence-corrected chi connectivity index (χ0v) is 21.3. The molecule has 0 aromatic heterocycles. The summed E-state index contributed by atoms with van der Waals surface area (Å²) >= 11 is 0. The Morgan fingerprint density at radius 1 is 0.917 bits per heavy atom. The predicted molar refractivity (Wildman–Crippen MR) is 136 cm³/mol. The number of aliphatic hydroxyl groups is 1. The van der Waals surface area contributed by atoms with Gasteiger partial charge in [0.05, 0.1) is 6.10 Å². The van der Waals surface area contributed by atoms with Crippen LogP contribution >= 0.6 is 0 Å². The first-order valence-electron chi connectivity index (χ1n) is 12.3. The molecule has 0 radical (unpaired) electrons. The lowest BCUT2D eigenvalue weighted by molar-refractivity contribution is -0.142. The average molecular weight is 508 g/mol. The van der Waals surface area contributed by atoms with Crippen molar-refractivity contribution in [2.24, 2.45) is 17.4 Å². The summed E-state index contributed by atoms with van der Waals surface area (Å²) in [5, 5.41) is 27.0. The average Bonchev–Trinajstić information content (AvgIpc) is 2.85. The molecule has 0 heterocycles. The second-order valence-corrected chi connectivity index (χ2v) is 9.07. The van der Waals surface area contributed by atoms with Crippen LogP contribution < -0.4 is 27.4 Å². The first kappa shape index (κ1) is 31.0. The zero-order valence-electron chi connectivity index (χ0n) is 21.3. The summed E-state index contributed by atoms with van der Waals surface area (Å²) in [6, 6.07) is 4.51. The third-order valence-corrected chi connectivity index (χ3v) is 6.09. The lowest BCUT2D eigenvalue weighted by Crippen LogP contribution is -2.60. The van der Waals surface area contributed by atoms with Crippen LogP contribution in [0.5, 0.6) is 0 Å². The highest BCUT2D eigenvalue weighted by molar-refractivity contribution is 5.94. The van der Waals surface area contributed by atoms with E-state index in [0.717, 1.165) is 5.56 Å². The number of unbranched alkanes of at least 4 members (excludes halogenated alkanes) is 1. The molecule has 0 saturated heterocycles. The van der Waals surface area contributed by atoms with Crippen molar-refractivity contribution < 1.29 is 29.4 Å². The molecule has 36 heavy (non-hydrogen) atoms. The summed E-state index contributed by atoms with van der Waals surface area (Å²) in [4.78, 5) is 50.6. The Morgan fingerprint density at radius 2 is 1.53 bits per heavy atom. The molecule has 6 atom stereocenters. The molecule has 9 N–H and O–H groups in total. The number of amides is 3. The topological polar surface area (TPSA) is 197 Å². The van der Waals surface area contributed by atoms with Crippen molar-refractivity contribution >= 4 is 23.7 Å². The SMILES string of the molecule is CC[C@H](C)[C@H](NC(=O)[C@@H](N)[C@@H](C)O)C(=O)N[C@@H](Cc1ccccc1)C(=O)N[C@@H](CCCCN)C(=O)O. The van der Waals surface area contributed by atoms with Gasteiger partial charge < -0.3 is 37.6 Å². The molecule has 202 valence electrons. The highest BCUT2D eigenvalue weighted by Crippen LogP contribution is 2.11. The molecular formula is C25H41N5O6.